The Morgan fingerprint density at radius 2 is 2.00 bits per heavy atom. The van der Waals surface area contributed by atoms with Gasteiger partial charge in [0.05, 0.1) is 0 Å². The van der Waals surface area contributed by atoms with Gasteiger partial charge in [-0.05, 0) is 31.1 Å². The van der Waals surface area contributed by atoms with Crippen LogP contribution < -0.4 is 0 Å². The molecule has 2 atom stereocenters. The number of hydrogen-bond acceptors (Lipinski definition) is 0. The summed E-state index contributed by atoms with van der Waals surface area (Å²) in [7, 11) is 0. The average Bonchev–Trinajstić information content (AvgIpc) is 2.14. The van der Waals surface area contributed by atoms with Gasteiger partial charge in [-0.3, -0.25) is 0 Å². The van der Waals surface area contributed by atoms with Crippen LogP contribution in [0.3, 0.4) is 0 Å². The molecule has 1 aliphatic carbocycles. The summed E-state index contributed by atoms with van der Waals surface area (Å²) in [4.78, 5) is 0. The molecular weight excluding hydrogens is 115 g/mol. The summed E-state index contributed by atoms with van der Waals surface area (Å²) in [5.41, 5.74) is 0. The zero-order valence-electron chi connectivity index (χ0n) is 6.23. The average molecular weight is 130 g/mol. The first-order chi connectivity index (χ1) is 4.20. The van der Waals surface area contributed by atoms with Gasteiger partial charge in [0, 0.05) is 0 Å². The van der Waals surface area contributed by atoms with Gasteiger partial charge < -0.3 is 0 Å². The Morgan fingerprint density at radius 3 is 2.22 bits per heavy atom. The van der Waals surface area contributed by atoms with Gasteiger partial charge in [0.15, 0.2) is 0 Å². The van der Waals surface area contributed by atoms with Crippen molar-refractivity contribution in [2.75, 3.05) is 0 Å². The van der Waals surface area contributed by atoms with Crippen molar-refractivity contribution in [3.8, 4) is 0 Å². The summed E-state index contributed by atoms with van der Waals surface area (Å²) < 4.78 is 12.5. The minimum absolute atomic E-state index is 0.489. The molecule has 54 valence electrons. The zero-order valence-corrected chi connectivity index (χ0v) is 6.23. The molecule has 0 unspecified atom stereocenters. The Kier molecular flexibility index (Phi) is 2.09. The summed E-state index contributed by atoms with van der Waals surface area (Å²) in [5.74, 6) is 1.35. The fourth-order valence-electron chi connectivity index (χ4n) is 1.56. The van der Waals surface area contributed by atoms with Crippen molar-refractivity contribution in [2.24, 2.45) is 11.8 Å². The molecular formula is C8H15F. The van der Waals surface area contributed by atoms with Gasteiger partial charge >= 0.3 is 0 Å². The number of halogens is 1. The minimum atomic E-state index is -0.489. The van der Waals surface area contributed by atoms with Crippen LogP contribution in [0.2, 0.25) is 0 Å². The third-order valence-corrected chi connectivity index (χ3v) is 2.35. The maximum absolute atomic E-state index is 12.5. The fourth-order valence-corrected chi connectivity index (χ4v) is 1.56. The molecule has 0 N–H and O–H groups in total. The standard InChI is InChI=1S/C8H15F/c1-6(2)7-3-4-8(9)5-7/h6-8H,3-5H2,1-2H3/t7-,8-/m1/s1. The summed E-state index contributed by atoms with van der Waals surface area (Å²) in [6.45, 7) is 4.37. The van der Waals surface area contributed by atoms with E-state index in [1.54, 1.807) is 0 Å². The molecule has 0 aromatic rings. The molecule has 1 fully saturated rings. The summed E-state index contributed by atoms with van der Waals surface area (Å²) in [6.07, 6.45) is 2.25. The summed E-state index contributed by atoms with van der Waals surface area (Å²) in [5, 5.41) is 0. The van der Waals surface area contributed by atoms with E-state index in [0.717, 1.165) is 19.3 Å². The minimum Gasteiger partial charge on any atom is -0.247 e. The fraction of sp³-hybridized carbons (Fsp3) is 1.00. The highest BCUT2D eigenvalue weighted by Gasteiger charge is 2.25. The van der Waals surface area contributed by atoms with Crippen molar-refractivity contribution < 1.29 is 4.39 Å². The number of alkyl halides is 1. The molecule has 0 saturated heterocycles. The van der Waals surface area contributed by atoms with E-state index >= 15 is 0 Å². The molecule has 0 bridgehead atoms. The Morgan fingerprint density at radius 1 is 1.33 bits per heavy atom. The molecule has 0 aliphatic heterocycles. The summed E-state index contributed by atoms with van der Waals surface area (Å²) in [6, 6.07) is 0. The van der Waals surface area contributed by atoms with Crippen molar-refractivity contribution in [3.05, 3.63) is 0 Å². The van der Waals surface area contributed by atoms with E-state index < -0.39 is 6.17 Å². The van der Waals surface area contributed by atoms with Crippen LogP contribution in [-0.2, 0) is 0 Å². The van der Waals surface area contributed by atoms with Crippen molar-refractivity contribution in [2.45, 2.75) is 39.3 Å². The molecule has 1 heteroatoms. The first-order valence-corrected chi connectivity index (χ1v) is 3.84. The molecule has 1 rings (SSSR count). The Bertz CT molecular complexity index is 88.6. The van der Waals surface area contributed by atoms with E-state index in [1.165, 1.54) is 0 Å². The lowest BCUT2D eigenvalue weighted by atomic mass is 9.95. The van der Waals surface area contributed by atoms with E-state index in [-0.39, 0.29) is 0 Å². The van der Waals surface area contributed by atoms with Crippen molar-refractivity contribution in [3.63, 3.8) is 0 Å². The SMILES string of the molecule is CC(C)[C@@H]1CC[C@@H](F)C1. The third kappa shape index (κ3) is 1.67. The molecule has 0 aromatic carbocycles. The molecule has 0 heterocycles. The van der Waals surface area contributed by atoms with E-state index in [2.05, 4.69) is 13.8 Å². The van der Waals surface area contributed by atoms with E-state index in [1.807, 2.05) is 0 Å². The zero-order chi connectivity index (χ0) is 6.85. The van der Waals surface area contributed by atoms with E-state index in [0.29, 0.717) is 11.8 Å². The van der Waals surface area contributed by atoms with Crippen molar-refractivity contribution >= 4 is 0 Å². The molecule has 0 radical (unpaired) electrons. The molecule has 0 nitrogen and oxygen atoms in total. The lowest BCUT2D eigenvalue weighted by molar-refractivity contribution is 0.310. The summed E-state index contributed by atoms with van der Waals surface area (Å²) >= 11 is 0. The highest BCUT2D eigenvalue weighted by Crippen LogP contribution is 2.32. The maximum Gasteiger partial charge on any atom is 0.100 e. The lowest BCUT2D eigenvalue weighted by Gasteiger charge is -2.11. The topological polar surface area (TPSA) is 0 Å². The highest BCUT2D eigenvalue weighted by molar-refractivity contribution is 4.76. The van der Waals surface area contributed by atoms with Gasteiger partial charge in [0.2, 0.25) is 0 Å². The predicted octanol–water partition coefficient (Wildman–Crippen LogP) is 2.78. The lowest BCUT2D eigenvalue weighted by Crippen LogP contribution is -2.03. The third-order valence-electron chi connectivity index (χ3n) is 2.35. The molecule has 0 aromatic heterocycles. The molecule has 1 aliphatic rings. The second-order valence-corrected chi connectivity index (χ2v) is 3.41. The van der Waals surface area contributed by atoms with Crippen LogP contribution in [0.15, 0.2) is 0 Å². The van der Waals surface area contributed by atoms with Gasteiger partial charge in [-0.1, -0.05) is 13.8 Å². The van der Waals surface area contributed by atoms with Crippen LogP contribution in [0.1, 0.15) is 33.1 Å². The van der Waals surface area contributed by atoms with Gasteiger partial charge in [-0.15, -0.1) is 0 Å². The number of hydrogen-bond donors (Lipinski definition) is 0. The van der Waals surface area contributed by atoms with Crippen LogP contribution in [0, 0.1) is 11.8 Å². The number of rotatable bonds is 1. The van der Waals surface area contributed by atoms with Gasteiger partial charge in [0.1, 0.15) is 6.17 Å². The van der Waals surface area contributed by atoms with Gasteiger partial charge in [-0.25, -0.2) is 4.39 Å². The van der Waals surface area contributed by atoms with Crippen LogP contribution in [0.5, 0.6) is 0 Å². The Labute approximate surface area is 56.5 Å². The highest BCUT2D eigenvalue weighted by atomic mass is 19.1. The van der Waals surface area contributed by atoms with Crippen molar-refractivity contribution in [1.29, 1.82) is 0 Å². The predicted molar refractivity (Wildman–Crippen MR) is 37.1 cm³/mol. The Balaban J connectivity index is 2.30. The largest absolute Gasteiger partial charge is 0.247 e. The monoisotopic (exact) mass is 130 g/mol. The Hall–Kier alpha value is -0.0700. The van der Waals surface area contributed by atoms with Crippen molar-refractivity contribution in [1.82, 2.24) is 0 Å². The molecule has 0 spiro atoms. The van der Waals surface area contributed by atoms with Gasteiger partial charge in [0.25, 0.3) is 0 Å². The molecule has 9 heavy (non-hydrogen) atoms. The van der Waals surface area contributed by atoms with Crippen LogP contribution in [0.4, 0.5) is 4.39 Å². The quantitative estimate of drug-likeness (QED) is 0.512. The normalized spacial score (nSPS) is 36.0. The van der Waals surface area contributed by atoms with Crippen LogP contribution in [-0.4, -0.2) is 6.17 Å². The van der Waals surface area contributed by atoms with Crippen LogP contribution >= 0.6 is 0 Å². The second kappa shape index (κ2) is 2.68. The van der Waals surface area contributed by atoms with E-state index in [9.17, 15) is 4.39 Å². The maximum atomic E-state index is 12.5. The second-order valence-electron chi connectivity index (χ2n) is 3.41. The smallest absolute Gasteiger partial charge is 0.100 e. The molecule has 0 amide bonds. The van der Waals surface area contributed by atoms with Crippen LogP contribution in [0.25, 0.3) is 0 Å². The molecule has 1 saturated carbocycles. The first kappa shape index (κ1) is 7.04. The van der Waals surface area contributed by atoms with E-state index in [4.69, 9.17) is 0 Å². The van der Waals surface area contributed by atoms with Gasteiger partial charge in [-0.2, -0.15) is 0 Å². The first-order valence-electron chi connectivity index (χ1n) is 3.84.